The number of ether oxygens (including phenoxy) is 1. The molecule has 7 nitrogen and oxygen atoms in total. The number of nitrogens with one attached hydrogen (secondary N) is 1. The Balaban J connectivity index is 2.13. The van der Waals surface area contributed by atoms with Gasteiger partial charge in [0.1, 0.15) is 10.6 Å². The molecule has 0 aliphatic carbocycles. The van der Waals surface area contributed by atoms with Crippen LogP contribution in [0.1, 0.15) is 23.5 Å². The Bertz CT molecular complexity index is 1250. The molecule has 2 heterocycles. The molecule has 0 atom stereocenters. The van der Waals surface area contributed by atoms with Crippen LogP contribution in [0.2, 0.25) is 0 Å². The minimum atomic E-state index is -5.99. The van der Waals surface area contributed by atoms with E-state index in [0.717, 1.165) is 12.1 Å². The zero-order valence-electron chi connectivity index (χ0n) is 16.1. The lowest BCUT2D eigenvalue weighted by molar-refractivity contribution is -0.144. The van der Waals surface area contributed by atoms with Crippen molar-refractivity contribution in [1.82, 2.24) is 15.2 Å². The molecule has 0 saturated heterocycles. The highest BCUT2D eigenvalue weighted by Crippen LogP contribution is 2.63. The molecule has 3 N–H and O–H groups in total. The molecule has 34 heavy (non-hydrogen) atoms. The van der Waals surface area contributed by atoms with Crippen molar-refractivity contribution in [2.75, 3.05) is 6.61 Å². The molecule has 0 spiro atoms. The topological polar surface area (TPSA) is 108 Å². The molecule has 0 fully saturated rings. The molecule has 0 aliphatic rings. The van der Waals surface area contributed by atoms with Crippen molar-refractivity contribution in [1.29, 1.82) is 0 Å². The highest BCUT2D eigenvalue weighted by molar-refractivity contribution is 9.10. The van der Waals surface area contributed by atoms with Crippen LogP contribution < -0.4 is 4.74 Å². The molecule has 0 saturated carbocycles. The number of halogens is 9. The highest BCUT2D eigenvalue weighted by Gasteiger charge is 2.53. The van der Waals surface area contributed by atoms with E-state index in [1.54, 1.807) is 0 Å². The van der Waals surface area contributed by atoms with Crippen LogP contribution in [-0.4, -0.2) is 37.8 Å². The molecule has 18 heteroatoms. The normalized spacial score (nSPS) is 13.6. The summed E-state index contributed by atoms with van der Waals surface area (Å²) in [5.41, 5.74) is -4.80. The van der Waals surface area contributed by atoms with Gasteiger partial charge in [-0.25, -0.2) is 0 Å². The zero-order valence-corrected chi connectivity index (χ0v) is 19.4. The summed E-state index contributed by atoms with van der Waals surface area (Å²) >= 11 is 3.02. The zero-order chi connectivity index (χ0) is 25.7. The summed E-state index contributed by atoms with van der Waals surface area (Å²) in [6.45, 7) is -0.540. The van der Waals surface area contributed by atoms with Crippen molar-refractivity contribution in [2.24, 2.45) is 0 Å². The van der Waals surface area contributed by atoms with Gasteiger partial charge < -0.3 is 19.5 Å². The van der Waals surface area contributed by atoms with Crippen LogP contribution in [-0.2, 0) is 16.4 Å². The molecule has 188 valence electrons. The Labute approximate surface area is 196 Å². The number of alkyl halides is 8. The third-order valence-corrected chi connectivity index (χ3v) is 7.71. The lowest BCUT2D eigenvalue weighted by Crippen LogP contribution is -2.12. The maximum atomic E-state index is 14.4. The maximum absolute atomic E-state index is 14.4. The Morgan fingerprint density at radius 3 is 2.26 bits per heavy atom. The van der Waals surface area contributed by atoms with Crippen molar-refractivity contribution in [2.45, 2.75) is 30.9 Å². The highest BCUT2D eigenvalue weighted by atomic mass is 79.9. The van der Waals surface area contributed by atoms with E-state index in [-0.39, 0.29) is 32.7 Å². The minimum absolute atomic E-state index is 0.138. The fraction of sp³-hybridized carbons (Fsp3) is 0.375. The molecule has 3 aromatic rings. The lowest BCUT2D eigenvalue weighted by Gasteiger charge is -2.16. The smallest absolute Gasteiger partial charge is 0.451 e. The number of H-pyrrole nitrogens is 1. The van der Waals surface area contributed by atoms with Crippen LogP contribution in [0, 0.1) is 0 Å². The summed E-state index contributed by atoms with van der Waals surface area (Å²) in [6, 6.07) is 2.12. The monoisotopic (exact) mass is 603 g/mol. The van der Waals surface area contributed by atoms with Gasteiger partial charge in [0.25, 0.3) is 0 Å². The quantitative estimate of drug-likeness (QED) is 0.163. The van der Waals surface area contributed by atoms with Crippen LogP contribution in [0.3, 0.4) is 0 Å². The van der Waals surface area contributed by atoms with Gasteiger partial charge in [-0.15, -0.1) is 21.5 Å². The number of thiophene rings is 1. The Kier molecular flexibility index (Phi) is 7.09. The Hall–Kier alpha value is -1.81. The molecule has 0 radical (unpaired) electrons. The van der Waals surface area contributed by atoms with Gasteiger partial charge in [-0.3, -0.25) is 4.57 Å². The largest absolute Gasteiger partial charge is 0.492 e. The van der Waals surface area contributed by atoms with E-state index in [9.17, 15) is 39.7 Å². The predicted molar refractivity (Wildman–Crippen MR) is 107 cm³/mol. The van der Waals surface area contributed by atoms with Crippen molar-refractivity contribution < 1.29 is 54.2 Å². The van der Waals surface area contributed by atoms with E-state index >= 15 is 0 Å². The number of fused-ring (bicyclic) bond motifs is 1. The minimum Gasteiger partial charge on any atom is -0.492 e. The van der Waals surface area contributed by atoms with Crippen molar-refractivity contribution in [3.05, 3.63) is 27.3 Å². The standard InChI is InChI=1S/C16H11BrF8N3O4PS/c17-9-7-4-6(12-26-13(28-27-12)15(21,22)23)5-8(32-3-1-2-14(18,19)20)10(7)34-11(9)16(24,25)33(29,30)31/h4-5H,1-3H2,(H,26,27,28)(H2,29,30,31). The summed E-state index contributed by atoms with van der Waals surface area (Å²) in [4.78, 5) is 18.9. The van der Waals surface area contributed by atoms with E-state index in [1.807, 2.05) is 4.98 Å². The van der Waals surface area contributed by atoms with Gasteiger partial charge >= 0.3 is 25.6 Å². The van der Waals surface area contributed by atoms with Gasteiger partial charge in [0.05, 0.1) is 11.3 Å². The molecular weight excluding hydrogens is 593 g/mol. The Morgan fingerprint density at radius 2 is 1.74 bits per heavy atom. The van der Waals surface area contributed by atoms with Crippen LogP contribution >= 0.6 is 34.9 Å². The summed E-state index contributed by atoms with van der Waals surface area (Å²) in [5.74, 6) is -2.23. The molecule has 0 aliphatic heterocycles. The van der Waals surface area contributed by atoms with Crippen LogP contribution in [0.5, 0.6) is 5.75 Å². The van der Waals surface area contributed by atoms with E-state index < -0.39 is 66.1 Å². The summed E-state index contributed by atoms with van der Waals surface area (Å²) in [5, 5.41) is 6.13. The van der Waals surface area contributed by atoms with Gasteiger partial charge in [-0.05, 0) is 34.5 Å². The molecule has 0 bridgehead atoms. The fourth-order valence-corrected chi connectivity index (χ4v) is 5.66. The Morgan fingerprint density at radius 1 is 1.09 bits per heavy atom. The molecule has 0 amide bonds. The van der Waals surface area contributed by atoms with Gasteiger partial charge in [0.2, 0.25) is 5.82 Å². The van der Waals surface area contributed by atoms with E-state index in [1.165, 1.54) is 0 Å². The van der Waals surface area contributed by atoms with Gasteiger partial charge in [-0.2, -0.15) is 35.1 Å². The SMILES string of the molecule is O=P(O)(O)C(F)(F)c1sc2c(OCCCC(F)(F)F)cc(-c3nnc(C(F)(F)F)[nH]3)cc2c1Br. The first-order chi connectivity index (χ1) is 15.4. The number of hydrogen-bond acceptors (Lipinski definition) is 5. The molecule has 2 aromatic heterocycles. The summed E-state index contributed by atoms with van der Waals surface area (Å²) < 4.78 is 120. The second kappa shape index (κ2) is 9.00. The number of rotatable bonds is 7. The second-order valence-electron chi connectivity index (χ2n) is 6.77. The van der Waals surface area contributed by atoms with Gasteiger partial charge in [0.15, 0.2) is 5.82 Å². The lowest BCUT2D eigenvalue weighted by atomic mass is 10.1. The number of benzene rings is 1. The van der Waals surface area contributed by atoms with Crippen LogP contribution in [0.25, 0.3) is 21.5 Å². The van der Waals surface area contributed by atoms with Gasteiger partial charge in [0, 0.05) is 21.8 Å². The van der Waals surface area contributed by atoms with Crippen molar-refractivity contribution in [3.63, 3.8) is 0 Å². The van der Waals surface area contributed by atoms with Gasteiger partial charge in [-0.1, -0.05) is 0 Å². The average molecular weight is 604 g/mol. The van der Waals surface area contributed by atoms with E-state index in [0.29, 0.717) is 0 Å². The first kappa shape index (κ1) is 26.8. The third kappa shape index (κ3) is 5.53. The van der Waals surface area contributed by atoms with Crippen LogP contribution in [0.4, 0.5) is 35.1 Å². The predicted octanol–water partition coefficient (Wildman–Crippen LogP) is 6.42. The number of nitrogens with zero attached hydrogens (tertiary/aromatic N) is 2. The number of aromatic amines is 1. The van der Waals surface area contributed by atoms with E-state index in [4.69, 9.17) is 14.5 Å². The maximum Gasteiger partial charge on any atom is 0.451 e. The third-order valence-electron chi connectivity index (χ3n) is 4.22. The first-order valence-electron chi connectivity index (χ1n) is 8.81. The summed E-state index contributed by atoms with van der Waals surface area (Å²) in [6.07, 6.45) is -11.1. The molecule has 0 unspecified atom stereocenters. The van der Waals surface area contributed by atoms with Crippen LogP contribution in [0.15, 0.2) is 16.6 Å². The number of aromatic nitrogens is 3. The molecule has 3 rings (SSSR count). The number of hydrogen-bond donors (Lipinski definition) is 3. The summed E-state index contributed by atoms with van der Waals surface area (Å²) in [7, 11) is -5.99. The second-order valence-corrected chi connectivity index (χ2v) is 10.2. The van der Waals surface area contributed by atoms with E-state index in [2.05, 4.69) is 26.1 Å². The molecule has 1 aromatic carbocycles. The van der Waals surface area contributed by atoms with Crippen molar-refractivity contribution in [3.8, 4) is 17.1 Å². The first-order valence-corrected chi connectivity index (χ1v) is 12.0. The molecular formula is C16H11BrF8N3O4PS. The fourth-order valence-electron chi connectivity index (χ4n) is 2.68. The average Bonchev–Trinajstić information content (AvgIpc) is 3.29. The van der Waals surface area contributed by atoms with Crippen molar-refractivity contribution >= 4 is 44.9 Å².